The van der Waals surface area contributed by atoms with Gasteiger partial charge in [-0.25, -0.2) is 0 Å². The van der Waals surface area contributed by atoms with Gasteiger partial charge < -0.3 is 18.8 Å². The highest BCUT2D eigenvalue weighted by atomic mass is 16.5. The van der Waals surface area contributed by atoms with E-state index in [1.807, 2.05) is 19.1 Å². The van der Waals surface area contributed by atoms with Crippen LogP contribution in [0.5, 0.6) is 11.5 Å². The second kappa shape index (κ2) is 8.43. The maximum absolute atomic E-state index is 12.6. The molecule has 2 aromatic rings. The molecule has 0 N–H and O–H groups in total. The molecule has 0 aliphatic heterocycles. The standard InChI is InChI=1S/C19H25NO4/c1-5-6-11-23-17-10-8-15(12-18(17)22-4)19(21)20(3)13-16-9-7-14(2)24-16/h7-10,12H,5-6,11,13H2,1-4H3. The summed E-state index contributed by atoms with van der Waals surface area (Å²) >= 11 is 0. The number of benzene rings is 1. The molecule has 0 atom stereocenters. The van der Waals surface area contributed by atoms with Gasteiger partial charge in [-0.15, -0.1) is 0 Å². The molecule has 1 heterocycles. The number of carbonyl (C=O) groups excluding carboxylic acids is 1. The Morgan fingerprint density at radius 2 is 2.00 bits per heavy atom. The summed E-state index contributed by atoms with van der Waals surface area (Å²) in [5.74, 6) is 2.73. The molecule has 24 heavy (non-hydrogen) atoms. The normalized spacial score (nSPS) is 10.5. The summed E-state index contributed by atoms with van der Waals surface area (Å²) in [5, 5.41) is 0. The Bertz CT molecular complexity index is 678. The lowest BCUT2D eigenvalue weighted by molar-refractivity contribution is 0.0774. The fourth-order valence-electron chi connectivity index (χ4n) is 2.34. The minimum atomic E-state index is -0.0949. The number of furan rings is 1. The van der Waals surface area contributed by atoms with Crippen molar-refractivity contribution in [2.75, 3.05) is 20.8 Å². The third-order valence-corrected chi connectivity index (χ3v) is 3.70. The third-order valence-electron chi connectivity index (χ3n) is 3.70. The number of hydrogen-bond acceptors (Lipinski definition) is 4. The Hall–Kier alpha value is -2.43. The van der Waals surface area contributed by atoms with Crippen molar-refractivity contribution in [3.63, 3.8) is 0 Å². The van der Waals surface area contributed by atoms with Crippen molar-refractivity contribution in [3.8, 4) is 11.5 Å². The molecule has 130 valence electrons. The smallest absolute Gasteiger partial charge is 0.254 e. The van der Waals surface area contributed by atoms with Crippen molar-refractivity contribution in [2.24, 2.45) is 0 Å². The van der Waals surface area contributed by atoms with Gasteiger partial charge in [0.25, 0.3) is 5.91 Å². The van der Waals surface area contributed by atoms with Crippen LogP contribution in [0.2, 0.25) is 0 Å². The van der Waals surface area contributed by atoms with Gasteiger partial charge in [0, 0.05) is 12.6 Å². The molecule has 0 aliphatic carbocycles. The van der Waals surface area contributed by atoms with Gasteiger partial charge in [-0.05, 0) is 43.7 Å². The highest BCUT2D eigenvalue weighted by Crippen LogP contribution is 2.29. The number of unbranched alkanes of at least 4 members (excludes halogenated alkanes) is 1. The maximum Gasteiger partial charge on any atom is 0.254 e. The predicted octanol–water partition coefficient (Wildman–Crippen LogP) is 4.05. The van der Waals surface area contributed by atoms with Crippen LogP contribution in [-0.2, 0) is 6.54 Å². The van der Waals surface area contributed by atoms with E-state index in [-0.39, 0.29) is 5.91 Å². The minimum Gasteiger partial charge on any atom is -0.493 e. The van der Waals surface area contributed by atoms with Crippen LogP contribution in [0.3, 0.4) is 0 Å². The van der Waals surface area contributed by atoms with Crippen LogP contribution < -0.4 is 9.47 Å². The molecule has 2 rings (SSSR count). The average Bonchev–Trinajstić information content (AvgIpc) is 2.99. The van der Waals surface area contributed by atoms with E-state index >= 15 is 0 Å². The van der Waals surface area contributed by atoms with E-state index in [9.17, 15) is 4.79 Å². The lowest BCUT2D eigenvalue weighted by Gasteiger charge is -2.17. The molecule has 5 nitrogen and oxygen atoms in total. The molecule has 0 unspecified atom stereocenters. The van der Waals surface area contributed by atoms with Gasteiger partial charge in [0.05, 0.1) is 20.3 Å². The summed E-state index contributed by atoms with van der Waals surface area (Å²) in [5.41, 5.74) is 0.556. The van der Waals surface area contributed by atoms with Crippen LogP contribution >= 0.6 is 0 Å². The van der Waals surface area contributed by atoms with Gasteiger partial charge in [-0.2, -0.15) is 0 Å². The van der Waals surface area contributed by atoms with Crippen LogP contribution in [-0.4, -0.2) is 31.6 Å². The van der Waals surface area contributed by atoms with E-state index in [0.717, 1.165) is 24.4 Å². The Labute approximate surface area is 143 Å². The molecule has 0 aliphatic rings. The molecule has 0 saturated heterocycles. The Balaban J connectivity index is 2.08. The Kier molecular flexibility index (Phi) is 6.29. The molecule has 5 heteroatoms. The molecule has 0 bridgehead atoms. The molecular formula is C19H25NO4. The fourth-order valence-corrected chi connectivity index (χ4v) is 2.34. The van der Waals surface area contributed by atoms with Gasteiger partial charge in [0.2, 0.25) is 0 Å². The molecule has 1 aromatic heterocycles. The molecule has 1 amide bonds. The second-order valence-corrected chi connectivity index (χ2v) is 5.74. The zero-order chi connectivity index (χ0) is 17.5. The van der Waals surface area contributed by atoms with Crippen LogP contribution in [0.25, 0.3) is 0 Å². The fraction of sp³-hybridized carbons (Fsp3) is 0.421. The van der Waals surface area contributed by atoms with Crippen LogP contribution in [0, 0.1) is 6.92 Å². The molecule has 0 fully saturated rings. The SMILES string of the molecule is CCCCOc1ccc(C(=O)N(C)Cc2ccc(C)o2)cc1OC. The Morgan fingerprint density at radius 1 is 1.21 bits per heavy atom. The summed E-state index contributed by atoms with van der Waals surface area (Å²) in [6.07, 6.45) is 2.05. The van der Waals surface area contributed by atoms with Crippen molar-refractivity contribution in [1.82, 2.24) is 4.90 Å². The van der Waals surface area contributed by atoms with Gasteiger partial charge >= 0.3 is 0 Å². The monoisotopic (exact) mass is 331 g/mol. The zero-order valence-corrected chi connectivity index (χ0v) is 14.8. The molecule has 0 saturated carbocycles. The summed E-state index contributed by atoms with van der Waals surface area (Å²) in [6.45, 7) is 5.05. The lowest BCUT2D eigenvalue weighted by Crippen LogP contribution is -2.26. The first-order valence-corrected chi connectivity index (χ1v) is 8.16. The quantitative estimate of drug-likeness (QED) is 0.685. The number of hydrogen-bond donors (Lipinski definition) is 0. The average molecular weight is 331 g/mol. The van der Waals surface area contributed by atoms with E-state index in [1.165, 1.54) is 0 Å². The van der Waals surface area contributed by atoms with E-state index in [2.05, 4.69) is 6.92 Å². The first-order chi connectivity index (χ1) is 11.5. The van der Waals surface area contributed by atoms with Gasteiger partial charge in [0.15, 0.2) is 11.5 Å². The van der Waals surface area contributed by atoms with Crippen molar-refractivity contribution in [3.05, 3.63) is 47.4 Å². The molecule has 0 radical (unpaired) electrons. The van der Waals surface area contributed by atoms with Crippen molar-refractivity contribution >= 4 is 5.91 Å². The van der Waals surface area contributed by atoms with Gasteiger partial charge in [-0.1, -0.05) is 13.3 Å². The van der Waals surface area contributed by atoms with Gasteiger partial charge in [-0.3, -0.25) is 4.79 Å². The highest BCUT2D eigenvalue weighted by Gasteiger charge is 2.16. The van der Waals surface area contributed by atoms with E-state index in [1.54, 1.807) is 37.3 Å². The summed E-state index contributed by atoms with van der Waals surface area (Å²) < 4.78 is 16.6. The summed E-state index contributed by atoms with van der Waals surface area (Å²) in [7, 11) is 3.32. The minimum absolute atomic E-state index is 0.0949. The van der Waals surface area contributed by atoms with Crippen LogP contribution in [0.15, 0.2) is 34.7 Å². The number of aryl methyl sites for hydroxylation is 1. The number of ether oxygens (including phenoxy) is 2. The third kappa shape index (κ3) is 4.54. The largest absolute Gasteiger partial charge is 0.493 e. The molecular weight excluding hydrogens is 306 g/mol. The summed E-state index contributed by atoms with van der Waals surface area (Å²) in [4.78, 5) is 14.2. The van der Waals surface area contributed by atoms with Crippen LogP contribution in [0.4, 0.5) is 0 Å². The van der Waals surface area contributed by atoms with E-state index in [4.69, 9.17) is 13.9 Å². The van der Waals surface area contributed by atoms with Crippen molar-refractivity contribution in [1.29, 1.82) is 0 Å². The van der Waals surface area contributed by atoms with Gasteiger partial charge in [0.1, 0.15) is 11.5 Å². The topological polar surface area (TPSA) is 51.9 Å². The molecule has 1 aromatic carbocycles. The predicted molar refractivity (Wildman–Crippen MR) is 92.6 cm³/mol. The zero-order valence-electron chi connectivity index (χ0n) is 14.8. The molecule has 0 spiro atoms. The number of carbonyl (C=O) groups is 1. The summed E-state index contributed by atoms with van der Waals surface area (Å²) in [6, 6.07) is 9.03. The van der Waals surface area contributed by atoms with Crippen molar-refractivity contribution in [2.45, 2.75) is 33.2 Å². The van der Waals surface area contributed by atoms with E-state index in [0.29, 0.717) is 30.2 Å². The Morgan fingerprint density at radius 3 is 2.62 bits per heavy atom. The first-order valence-electron chi connectivity index (χ1n) is 8.16. The second-order valence-electron chi connectivity index (χ2n) is 5.74. The number of methoxy groups -OCH3 is 1. The van der Waals surface area contributed by atoms with E-state index < -0.39 is 0 Å². The number of nitrogens with zero attached hydrogens (tertiary/aromatic N) is 1. The van der Waals surface area contributed by atoms with Crippen LogP contribution in [0.1, 0.15) is 41.6 Å². The lowest BCUT2D eigenvalue weighted by atomic mass is 10.1. The highest BCUT2D eigenvalue weighted by molar-refractivity contribution is 5.94. The number of amides is 1. The van der Waals surface area contributed by atoms with Crippen molar-refractivity contribution < 1.29 is 18.7 Å². The first kappa shape index (κ1) is 17.9. The number of rotatable bonds is 8. The maximum atomic E-state index is 12.6.